The van der Waals surface area contributed by atoms with E-state index in [4.69, 9.17) is 0 Å². The zero-order valence-corrected chi connectivity index (χ0v) is 5.55. The van der Waals surface area contributed by atoms with E-state index in [1.165, 1.54) is 0 Å². The van der Waals surface area contributed by atoms with Crippen LogP contribution in [0.25, 0.3) is 0 Å². The molecule has 0 amide bonds. The van der Waals surface area contributed by atoms with Crippen LogP contribution >= 0.6 is 0 Å². The van der Waals surface area contributed by atoms with Gasteiger partial charge in [0.15, 0.2) is 0 Å². The summed E-state index contributed by atoms with van der Waals surface area (Å²) >= 11 is 0. The Kier molecular flexibility index (Phi) is 0.743. The molecule has 0 aromatic carbocycles. The van der Waals surface area contributed by atoms with Gasteiger partial charge < -0.3 is 0 Å². The van der Waals surface area contributed by atoms with Crippen molar-refractivity contribution in [1.82, 2.24) is 0 Å². The summed E-state index contributed by atoms with van der Waals surface area (Å²) in [5, 5.41) is 0. The highest BCUT2D eigenvalue weighted by atomic mass is 16.1. The zero-order chi connectivity index (χ0) is 6.48. The third-order valence-corrected chi connectivity index (χ3v) is 2.51. The maximum absolute atomic E-state index is 11.1. The van der Waals surface area contributed by atoms with Crippen LogP contribution in [-0.4, -0.2) is 5.78 Å². The lowest BCUT2D eigenvalue weighted by atomic mass is 9.90. The van der Waals surface area contributed by atoms with Crippen molar-refractivity contribution in [2.75, 3.05) is 0 Å². The molecule has 0 saturated heterocycles. The lowest BCUT2D eigenvalue weighted by Gasteiger charge is -2.12. The number of ketones is 1. The highest BCUT2D eigenvalue weighted by Gasteiger charge is 2.43. The summed E-state index contributed by atoms with van der Waals surface area (Å²) in [5.41, 5.74) is -0.0509. The van der Waals surface area contributed by atoms with Crippen molar-refractivity contribution < 1.29 is 4.79 Å². The standard InChI is InChI=1S/C8H10O/c1-8-3-2-6(5-8)4-7(8)9/h2-3,6H,4-5H2,1H3/t6-,8-/m0/s1. The summed E-state index contributed by atoms with van der Waals surface area (Å²) in [4.78, 5) is 11.1. The lowest BCUT2D eigenvalue weighted by molar-refractivity contribution is -0.123. The van der Waals surface area contributed by atoms with Crippen molar-refractivity contribution >= 4 is 5.78 Å². The third-order valence-electron chi connectivity index (χ3n) is 2.51. The molecule has 2 atom stereocenters. The molecule has 1 fully saturated rings. The minimum absolute atomic E-state index is 0.0509. The summed E-state index contributed by atoms with van der Waals surface area (Å²) in [5.74, 6) is 1.03. The number of carbonyl (C=O) groups is 1. The predicted octanol–water partition coefficient (Wildman–Crippen LogP) is 1.54. The van der Waals surface area contributed by atoms with Crippen molar-refractivity contribution in [2.24, 2.45) is 11.3 Å². The molecule has 1 nitrogen and oxygen atoms in total. The van der Waals surface area contributed by atoms with Crippen LogP contribution < -0.4 is 0 Å². The quantitative estimate of drug-likeness (QED) is 0.445. The molecule has 0 radical (unpaired) electrons. The highest BCUT2D eigenvalue weighted by Crippen LogP contribution is 2.45. The van der Waals surface area contributed by atoms with Crippen LogP contribution in [-0.2, 0) is 4.79 Å². The van der Waals surface area contributed by atoms with Gasteiger partial charge in [0.05, 0.1) is 0 Å². The minimum atomic E-state index is -0.0509. The van der Waals surface area contributed by atoms with Gasteiger partial charge >= 0.3 is 0 Å². The maximum Gasteiger partial charge on any atom is 0.143 e. The molecule has 0 heterocycles. The second-order valence-corrected chi connectivity index (χ2v) is 3.37. The Balaban J connectivity index is 2.44. The number of Topliss-reactive ketones (excluding diaryl/α,β-unsaturated/α-hetero) is 1. The van der Waals surface area contributed by atoms with Crippen molar-refractivity contribution in [2.45, 2.75) is 19.8 Å². The molecule has 0 N–H and O–H groups in total. The fourth-order valence-electron chi connectivity index (χ4n) is 1.85. The Morgan fingerprint density at radius 3 is 2.78 bits per heavy atom. The van der Waals surface area contributed by atoms with Crippen LogP contribution in [0.1, 0.15) is 19.8 Å². The minimum Gasteiger partial charge on any atom is -0.299 e. The van der Waals surface area contributed by atoms with Crippen molar-refractivity contribution in [1.29, 1.82) is 0 Å². The van der Waals surface area contributed by atoms with Crippen LogP contribution in [0.3, 0.4) is 0 Å². The molecule has 0 unspecified atom stereocenters. The second-order valence-electron chi connectivity index (χ2n) is 3.37. The van der Waals surface area contributed by atoms with Gasteiger partial charge in [0.25, 0.3) is 0 Å². The molecule has 2 rings (SSSR count). The first-order valence-corrected chi connectivity index (χ1v) is 3.43. The SMILES string of the molecule is C[C@@]12C=C[C@@H](CC1=O)C2. The van der Waals surface area contributed by atoms with Gasteiger partial charge in [0, 0.05) is 11.8 Å². The summed E-state index contributed by atoms with van der Waals surface area (Å²) in [6, 6.07) is 0. The number of rotatable bonds is 0. The number of hydrogen-bond acceptors (Lipinski definition) is 1. The molecule has 2 aliphatic carbocycles. The van der Waals surface area contributed by atoms with Gasteiger partial charge in [-0.15, -0.1) is 0 Å². The molecule has 2 aliphatic rings. The maximum atomic E-state index is 11.1. The topological polar surface area (TPSA) is 17.1 Å². The Morgan fingerprint density at radius 1 is 1.78 bits per heavy atom. The molecule has 1 saturated carbocycles. The van der Waals surface area contributed by atoms with E-state index in [1.54, 1.807) is 0 Å². The van der Waals surface area contributed by atoms with Gasteiger partial charge in [-0.05, 0) is 19.3 Å². The zero-order valence-electron chi connectivity index (χ0n) is 5.55. The Bertz CT molecular complexity index is 193. The smallest absolute Gasteiger partial charge is 0.143 e. The van der Waals surface area contributed by atoms with Gasteiger partial charge in [-0.2, -0.15) is 0 Å². The molecule has 0 spiro atoms. The van der Waals surface area contributed by atoms with Crippen LogP contribution in [0.4, 0.5) is 0 Å². The predicted molar refractivity (Wildman–Crippen MR) is 35.0 cm³/mol. The van der Waals surface area contributed by atoms with Gasteiger partial charge in [0.1, 0.15) is 5.78 Å². The average molecular weight is 122 g/mol. The average Bonchev–Trinajstić information content (AvgIpc) is 2.22. The van der Waals surface area contributed by atoms with E-state index in [1.807, 2.05) is 6.92 Å². The molecule has 1 heteroatoms. The van der Waals surface area contributed by atoms with E-state index in [-0.39, 0.29) is 5.41 Å². The molecular weight excluding hydrogens is 112 g/mol. The first-order chi connectivity index (χ1) is 4.21. The molecule has 2 bridgehead atoms. The van der Waals surface area contributed by atoms with Gasteiger partial charge in [0.2, 0.25) is 0 Å². The van der Waals surface area contributed by atoms with E-state index in [9.17, 15) is 4.79 Å². The number of hydrogen-bond donors (Lipinski definition) is 0. The lowest BCUT2D eigenvalue weighted by Crippen LogP contribution is -2.17. The summed E-state index contributed by atoms with van der Waals surface area (Å²) in [7, 11) is 0. The summed E-state index contributed by atoms with van der Waals surface area (Å²) < 4.78 is 0. The van der Waals surface area contributed by atoms with E-state index in [0.717, 1.165) is 12.8 Å². The fraction of sp³-hybridized carbons (Fsp3) is 0.625. The van der Waals surface area contributed by atoms with Gasteiger partial charge in [-0.25, -0.2) is 0 Å². The number of carbonyl (C=O) groups excluding carboxylic acids is 1. The first kappa shape index (κ1) is 5.21. The Labute approximate surface area is 54.8 Å². The van der Waals surface area contributed by atoms with Gasteiger partial charge in [-0.1, -0.05) is 12.2 Å². The van der Waals surface area contributed by atoms with Crippen LogP contribution in [0.5, 0.6) is 0 Å². The van der Waals surface area contributed by atoms with Crippen molar-refractivity contribution in [3.63, 3.8) is 0 Å². The highest BCUT2D eigenvalue weighted by molar-refractivity contribution is 5.90. The molecule has 0 aromatic rings. The summed E-state index contributed by atoms with van der Waals surface area (Å²) in [6.07, 6.45) is 6.13. The van der Waals surface area contributed by atoms with Crippen LogP contribution in [0, 0.1) is 11.3 Å². The Morgan fingerprint density at radius 2 is 2.56 bits per heavy atom. The normalized spacial score (nSPS) is 46.8. The third kappa shape index (κ3) is 0.521. The van der Waals surface area contributed by atoms with Crippen LogP contribution in [0.15, 0.2) is 12.2 Å². The van der Waals surface area contributed by atoms with Crippen LogP contribution in [0.2, 0.25) is 0 Å². The monoisotopic (exact) mass is 122 g/mol. The van der Waals surface area contributed by atoms with Gasteiger partial charge in [-0.3, -0.25) is 4.79 Å². The molecule has 48 valence electrons. The van der Waals surface area contributed by atoms with E-state index in [2.05, 4.69) is 12.2 Å². The van der Waals surface area contributed by atoms with E-state index >= 15 is 0 Å². The molecule has 0 aliphatic heterocycles. The molecule has 9 heavy (non-hydrogen) atoms. The number of allylic oxidation sites excluding steroid dienone is 2. The number of fused-ring (bicyclic) bond motifs is 2. The second kappa shape index (κ2) is 1.28. The largest absolute Gasteiger partial charge is 0.299 e. The molecular formula is C8H10O. The Hall–Kier alpha value is -0.590. The molecule has 0 aromatic heterocycles. The summed E-state index contributed by atoms with van der Waals surface area (Å²) in [6.45, 7) is 2.04. The van der Waals surface area contributed by atoms with Crippen molar-refractivity contribution in [3.8, 4) is 0 Å². The van der Waals surface area contributed by atoms with E-state index < -0.39 is 0 Å². The van der Waals surface area contributed by atoms with Crippen molar-refractivity contribution in [3.05, 3.63) is 12.2 Å². The fourth-order valence-corrected chi connectivity index (χ4v) is 1.85. The first-order valence-electron chi connectivity index (χ1n) is 3.43. The van der Waals surface area contributed by atoms with E-state index in [0.29, 0.717) is 11.7 Å².